The van der Waals surface area contributed by atoms with E-state index in [-0.39, 0.29) is 24.5 Å². The molecule has 0 fully saturated rings. The predicted octanol–water partition coefficient (Wildman–Crippen LogP) is 8.14. The Morgan fingerprint density at radius 2 is 1.43 bits per heavy atom. The van der Waals surface area contributed by atoms with E-state index < -0.39 is 0 Å². The molecule has 4 aromatic carbocycles. The van der Waals surface area contributed by atoms with Crippen molar-refractivity contribution in [2.45, 2.75) is 43.0 Å². The summed E-state index contributed by atoms with van der Waals surface area (Å²) in [5.74, 6) is 0.432. The Morgan fingerprint density at radius 3 is 2.08 bits per heavy atom. The van der Waals surface area contributed by atoms with E-state index >= 15 is 0 Å². The molecule has 1 atom stereocenters. The van der Waals surface area contributed by atoms with Crippen LogP contribution in [0, 0.1) is 0 Å². The van der Waals surface area contributed by atoms with E-state index in [1.165, 1.54) is 0 Å². The summed E-state index contributed by atoms with van der Waals surface area (Å²) in [6.45, 7) is 6.62. The lowest BCUT2D eigenvalue weighted by Gasteiger charge is -2.31. The van der Waals surface area contributed by atoms with Crippen LogP contribution in [0.1, 0.15) is 37.9 Å². The third-order valence-corrected chi connectivity index (χ3v) is 7.25. The summed E-state index contributed by atoms with van der Waals surface area (Å²) in [4.78, 5) is 29.3. The summed E-state index contributed by atoms with van der Waals surface area (Å²) in [6, 6.07) is 32.7. The molecule has 0 aliphatic rings. The normalized spacial score (nSPS) is 11.4. The fourth-order valence-corrected chi connectivity index (χ4v) is 5.10. The molecule has 0 bridgehead atoms. The van der Waals surface area contributed by atoms with Crippen LogP contribution in [0.3, 0.4) is 0 Å². The Labute approximate surface area is 240 Å². The molecule has 1 N–H and O–H groups in total. The average Bonchev–Trinajstić information content (AvgIpc) is 2.97. The summed E-state index contributed by atoms with van der Waals surface area (Å²) in [7, 11) is 0. The minimum Gasteiger partial charge on any atom is -0.492 e. The summed E-state index contributed by atoms with van der Waals surface area (Å²) >= 11 is 1.61. The van der Waals surface area contributed by atoms with Gasteiger partial charge in [0.1, 0.15) is 5.75 Å². The SMILES string of the molecule is CCOC(=O)Cc1ccc(Sc2ccc(NC(=O)N(c3ccccc3OCC)C(C)c3ccccc3)cc2)cc1. The number of rotatable bonds is 11. The smallest absolute Gasteiger partial charge is 0.327 e. The fraction of sp³-hybridized carbons (Fsp3) is 0.212. The van der Waals surface area contributed by atoms with Crippen molar-refractivity contribution in [3.05, 3.63) is 114 Å². The third kappa shape index (κ3) is 7.67. The first kappa shape index (κ1) is 28.8. The molecule has 0 heterocycles. The van der Waals surface area contributed by atoms with Crippen molar-refractivity contribution in [2.75, 3.05) is 23.4 Å². The van der Waals surface area contributed by atoms with Crippen molar-refractivity contribution in [3.63, 3.8) is 0 Å². The van der Waals surface area contributed by atoms with Crippen molar-refractivity contribution < 1.29 is 19.1 Å². The molecule has 0 aliphatic heterocycles. The van der Waals surface area contributed by atoms with E-state index in [1.807, 2.05) is 117 Å². The van der Waals surface area contributed by atoms with E-state index in [1.54, 1.807) is 23.6 Å². The van der Waals surface area contributed by atoms with E-state index in [0.29, 0.717) is 30.3 Å². The molecule has 0 radical (unpaired) electrons. The predicted molar refractivity (Wildman–Crippen MR) is 161 cm³/mol. The molecule has 206 valence electrons. The first-order valence-electron chi connectivity index (χ1n) is 13.4. The zero-order chi connectivity index (χ0) is 28.3. The Hall–Kier alpha value is -4.23. The van der Waals surface area contributed by atoms with Crippen molar-refractivity contribution in [3.8, 4) is 5.75 Å². The molecule has 0 aromatic heterocycles. The molecule has 0 spiro atoms. The molecular weight excluding hydrogens is 520 g/mol. The van der Waals surface area contributed by atoms with E-state index in [0.717, 1.165) is 20.9 Å². The first-order valence-corrected chi connectivity index (χ1v) is 14.2. The van der Waals surface area contributed by atoms with Crippen LogP contribution >= 0.6 is 11.8 Å². The standard InChI is InChI=1S/C33H34N2O4S/c1-4-38-31-14-10-9-13-30(31)35(24(3)26-11-7-6-8-12-26)33(37)34-27-17-21-29(22-18-27)40-28-19-15-25(16-20-28)23-32(36)39-5-2/h6-22,24H,4-5,23H2,1-3H3,(H,34,37). The van der Waals surface area contributed by atoms with Gasteiger partial charge in [-0.1, -0.05) is 66.4 Å². The lowest BCUT2D eigenvalue weighted by Crippen LogP contribution is -2.37. The van der Waals surface area contributed by atoms with Gasteiger partial charge in [-0.25, -0.2) is 4.79 Å². The Bertz CT molecular complexity index is 1390. The topological polar surface area (TPSA) is 67.9 Å². The number of carbonyl (C=O) groups is 2. The molecule has 4 rings (SSSR count). The van der Waals surface area contributed by atoms with Gasteiger partial charge in [0.25, 0.3) is 0 Å². The van der Waals surface area contributed by atoms with Gasteiger partial charge in [-0.3, -0.25) is 9.69 Å². The van der Waals surface area contributed by atoms with Gasteiger partial charge in [0.15, 0.2) is 0 Å². The highest BCUT2D eigenvalue weighted by Gasteiger charge is 2.26. The molecule has 1 unspecified atom stereocenters. The van der Waals surface area contributed by atoms with Crippen LogP contribution in [0.25, 0.3) is 0 Å². The van der Waals surface area contributed by atoms with Crippen LogP contribution in [0.4, 0.5) is 16.2 Å². The summed E-state index contributed by atoms with van der Waals surface area (Å²) in [6.07, 6.45) is 0.266. The summed E-state index contributed by atoms with van der Waals surface area (Å²) < 4.78 is 10.9. The van der Waals surface area contributed by atoms with Crippen molar-refractivity contribution in [2.24, 2.45) is 0 Å². The molecular formula is C33H34N2O4S. The van der Waals surface area contributed by atoms with E-state index in [2.05, 4.69) is 5.32 Å². The zero-order valence-electron chi connectivity index (χ0n) is 23.0. The number of nitrogens with zero attached hydrogens (tertiary/aromatic N) is 1. The van der Waals surface area contributed by atoms with Gasteiger partial charge >= 0.3 is 12.0 Å². The highest BCUT2D eigenvalue weighted by molar-refractivity contribution is 7.99. The average molecular weight is 555 g/mol. The van der Waals surface area contributed by atoms with Crippen molar-refractivity contribution >= 4 is 35.1 Å². The Balaban J connectivity index is 1.48. The van der Waals surface area contributed by atoms with Crippen LogP contribution < -0.4 is 15.0 Å². The number of carbonyl (C=O) groups excluding carboxylic acids is 2. The molecule has 0 saturated carbocycles. The van der Waals surface area contributed by atoms with Gasteiger partial charge in [-0.05, 0) is 80.4 Å². The second kappa shape index (κ2) is 14.2. The molecule has 7 heteroatoms. The number of amides is 2. The largest absolute Gasteiger partial charge is 0.492 e. The molecule has 0 aliphatic carbocycles. The van der Waals surface area contributed by atoms with Gasteiger partial charge in [-0.2, -0.15) is 0 Å². The molecule has 40 heavy (non-hydrogen) atoms. The van der Waals surface area contributed by atoms with Crippen LogP contribution in [-0.2, 0) is 16.0 Å². The van der Waals surface area contributed by atoms with Crippen LogP contribution in [0.5, 0.6) is 5.75 Å². The van der Waals surface area contributed by atoms with Gasteiger partial charge in [0.2, 0.25) is 0 Å². The molecule has 2 amide bonds. The first-order chi connectivity index (χ1) is 19.5. The Morgan fingerprint density at radius 1 is 0.800 bits per heavy atom. The van der Waals surface area contributed by atoms with E-state index in [9.17, 15) is 9.59 Å². The maximum Gasteiger partial charge on any atom is 0.327 e. The monoisotopic (exact) mass is 554 g/mol. The molecule has 6 nitrogen and oxygen atoms in total. The lowest BCUT2D eigenvalue weighted by atomic mass is 10.1. The number of ether oxygens (including phenoxy) is 2. The number of nitrogens with one attached hydrogen (secondary N) is 1. The van der Waals surface area contributed by atoms with E-state index in [4.69, 9.17) is 9.47 Å². The lowest BCUT2D eigenvalue weighted by molar-refractivity contribution is -0.142. The number of esters is 1. The van der Waals surface area contributed by atoms with Gasteiger partial charge in [-0.15, -0.1) is 0 Å². The maximum absolute atomic E-state index is 13.7. The number of hydrogen-bond acceptors (Lipinski definition) is 5. The van der Waals surface area contributed by atoms with Crippen molar-refractivity contribution in [1.29, 1.82) is 0 Å². The van der Waals surface area contributed by atoms with Crippen LogP contribution in [0.2, 0.25) is 0 Å². The van der Waals surface area contributed by atoms with Crippen LogP contribution in [0.15, 0.2) is 113 Å². The number of anilines is 2. The molecule has 0 saturated heterocycles. The van der Waals surface area contributed by atoms with Crippen molar-refractivity contribution in [1.82, 2.24) is 0 Å². The number of hydrogen-bond donors (Lipinski definition) is 1. The number of urea groups is 1. The highest BCUT2D eigenvalue weighted by Crippen LogP contribution is 2.35. The second-order valence-electron chi connectivity index (χ2n) is 9.04. The third-order valence-electron chi connectivity index (χ3n) is 6.23. The van der Waals surface area contributed by atoms with Gasteiger partial charge in [0, 0.05) is 15.5 Å². The number of para-hydroxylation sites is 2. The number of benzene rings is 4. The van der Waals surface area contributed by atoms with Gasteiger partial charge in [0.05, 0.1) is 31.4 Å². The highest BCUT2D eigenvalue weighted by atomic mass is 32.2. The quantitative estimate of drug-likeness (QED) is 0.190. The fourth-order valence-electron chi connectivity index (χ4n) is 4.29. The summed E-state index contributed by atoms with van der Waals surface area (Å²) in [5, 5.41) is 3.07. The minimum atomic E-state index is -0.249. The Kier molecular flexibility index (Phi) is 10.2. The second-order valence-corrected chi connectivity index (χ2v) is 10.2. The zero-order valence-corrected chi connectivity index (χ0v) is 23.8. The maximum atomic E-state index is 13.7. The molecule has 4 aromatic rings. The summed E-state index contributed by atoms with van der Waals surface area (Å²) in [5.41, 5.74) is 3.33. The van der Waals surface area contributed by atoms with Gasteiger partial charge < -0.3 is 14.8 Å². The van der Waals surface area contributed by atoms with Crippen LogP contribution in [-0.4, -0.2) is 25.2 Å². The minimum absolute atomic E-state index is 0.223.